The van der Waals surface area contributed by atoms with Crippen molar-refractivity contribution in [2.24, 2.45) is 5.73 Å². The summed E-state index contributed by atoms with van der Waals surface area (Å²) in [6, 6.07) is 14.2. The molecule has 0 bridgehead atoms. The number of rotatable bonds is 4. The monoisotopic (exact) mass is 281 g/mol. The van der Waals surface area contributed by atoms with Crippen LogP contribution in [0.1, 0.15) is 18.9 Å². The number of nitrogens with two attached hydrogens (primary N) is 1. The molecule has 1 aliphatic carbocycles. The molecule has 3 unspecified atom stereocenters. The van der Waals surface area contributed by atoms with Gasteiger partial charge in [0.05, 0.1) is 23.8 Å². The summed E-state index contributed by atoms with van der Waals surface area (Å²) in [6.45, 7) is 2.70. The van der Waals surface area contributed by atoms with Crippen molar-refractivity contribution in [2.75, 3.05) is 11.9 Å². The molecule has 4 nitrogen and oxygen atoms in total. The molecular weight excluding hydrogens is 262 g/mol. The Bertz CT molecular complexity index is 690. The van der Waals surface area contributed by atoms with E-state index in [9.17, 15) is 5.26 Å². The first-order valence-electron chi connectivity index (χ1n) is 7.30. The Hall–Kier alpha value is -2.09. The van der Waals surface area contributed by atoms with Crippen LogP contribution < -0.4 is 11.1 Å². The predicted octanol–water partition coefficient (Wildman–Crippen LogP) is 2.63. The topological polar surface area (TPSA) is 71.1 Å². The molecule has 2 aromatic carbocycles. The van der Waals surface area contributed by atoms with Gasteiger partial charge in [-0.3, -0.25) is 0 Å². The lowest BCUT2D eigenvalue weighted by Crippen LogP contribution is -2.60. The quantitative estimate of drug-likeness (QED) is 0.903. The second-order valence-corrected chi connectivity index (χ2v) is 5.38. The van der Waals surface area contributed by atoms with Crippen LogP contribution in [0.4, 0.5) is 5.69 Å². The molecule has 0 radical (unpaired) electrons. The maximum absolute atomic E-state index is 9.21. The van der Waals surface area contributed by atoms with E-state index < -0.39 is 0 Å². The predicted molar refractivity (Wildman–Crippen MR) is 84.1 cm³/mol. The minimum absolute atomic E-state index is 0.107. The van der Waals surface area contributed by atoms with Gasteiger partial charge in [-0.05, 0) is 25.5 Å². The van der Waals surface area contributed by atoms with E-state index in [0.717, 1.165) is 22.9 Å². The van der Waals surface area contributed by atoms with Crippen LogP contribution in [0.3, 0.4) is 0 Å². The van der Waals surface area contributed by atoms with Gasteiger partial charge in [0.2, 0.25) is 0 Å². The van der Waals surface area contributed by atoms with Crippen LogP contribution >= 0.6 is 0 Å². The van der Waals surface area contributed by atoms with E-state index in [1.54, 1.807) is 0 Å². The van der Waals surface area contributed by atoms with Crippen LogP contribution in [0, 0.1) is 11.3 Å². The highest BCUT2D eigenvalue weighted by Crippen LogP contribution is 2.31. The van der Waals surface area contributed by atoms with Crippen LogP contribution in [-0.2, 0) is 4.74 Å². The molecule has 3 N–H and O–H groups in total. The molecule has 0 saturated heterocycles. The lowest BCUT2D eigenvalue weighted by atomic mass is 9.83. The normalized spacial score (nSPS) is 24.3. The van der Waals surface area contributed by atoms with E-state index in [1.165, 1.54) is 0 Å². The van der Waals surface area contributed by atoms with Crippen molar-refractivity contribution in [3.05, 3.63) is 42.0 Å². The van der Waals surface area contributed by atoms with E-state index >= 15 is 0 Å². The summed E-state index contributed by atoms with van der Waals surface area (Å²) in [6.07, 6.45) is 1.05. The maximum Gasteiger partial charge on any atom is 0.0998 e. The van der Waals surface area contributed by atoms with Gasteiger partial charge in [0.1, 0.15) is 0 Å². The van der Waals surface area contributed by atoms with Crippen molar-refractivity contribution in [3.8, 4) is 6.07 Å². The second-order valence-electron chi connectivity index (χ2n) is 5.38. The highest BCUT2D eigenvalue weighted by Gasteiger charge is 2.39. The number of nitrogens with zero attached hydrogens (tertiary/aromatic N) is 1. The molecule has 2 aromatic rings. The van der Waals surface area contributed by atoms with Crippen molar-refractivity contribution >= 4 is 16.5 Å². The third-order valence-electron chi connectivity index (χ3n) is 4.11. The van der Waals surface area contributed by atoms with Gasteiger partial charge in [-0.1, -0.05) is 24.3 Å². The summed E-state index contributed by atoms with van der Waals surface area (Å²) in [5.41, 5.74) is 7.80. The SMILES string of the molecule is CCOC1CC(N)C1Nc1ccc(C#N)c2ccccc12. The maximum atomic E-state index is 9.21. The molecule has 1 saturated carbocycles. The highest BCUT2D eigenvalue weighted by atomic mass is 16.5. The molecular formula is C17H19N3O. The highest BCUT2D eigenvalue weighted by molar-refractivity contribution is 5.97. The van der Waals surface area contributed by atoms with Gasteiger partial charge in [0.15, 0.2) is 0 Å². The zero-order chi connectivity index (χ0) is 14.8. The number of nitrogens with one attached hydrogen (secondary N) is 1. The van der Waals surface area contributed by atoms with Crippen LogP contribution in [0.25, 0.3) is 10.8 Å². The molecule has 0 aromatic heterocycles. The summed E-state index contributed by atoms with van der Waals surface area (Å²) >= 11 is 0. The Balaban J connectivity index is 1.93. The largest absolute Gasteiger partial charge is 0.378 e. The van der Waals surface area contributed by atoms with Crippen LogP contribution in [0.5, 0.6) is 0 Å². The molecule has 0 amide bonds. The standard InChI is InChI=1S/C17H19N3O/c1-2-21-16-9-14(19)17(16)20-15-8-7-11(10-18)12-5-3-4-6-13(12)15/h3-8,14,16-17,20H,2,9,19H2,1H3. The summed E-state index contributed by atoms with van der Waals surface area (Å²) < 4.78 is 5.70. The number of anilines is 1. The Morgan fingerprint density at radius 1 is 1.29 bits per heavy atom. The fourth-order valence-corrected chi connectivity index (χ4v) is 2.93. The number of hydrogen-bond donors (Lipinski definition) is 2. The van der Waals surface area contributed by atoms with Gasteiger partial charge in [-0.15, -0.1) is 0 Å². The van der Waals surface area contributed by atoms with Gasteiger partial charge in [-0.2, -0.15) is 5.26 Å². The average Bonchev–Trinajstić information content (AvgIpc) is 2.52. The van der Waals surface area contributed by atoms with Crippen molar-refractivity contribution in [1.82, 2.24) is 0 Å². The van der Waals surface area contributed by atoms with Gasteiger partial charge in [0, 0.05) is 29.1 Å². The Kier molecular flexibility index (Phi) is 3.78. The van der Waals surface area contributed by atoms with Gasteiger partial charge < -0.3 is 15.8 Å². The smallest absolute Gasteiger partial charge is 0.0998 e. The first-order chi connectivity index (χ1) is 10.2. The molecule has 0 spiro atoms. The van der Waals surface area contributed by atoms with Gasteiger partial charge >= 0.3 is 0 Å². The van der Waals surface area contributed by atoms with Crippen molar-refractivity contribution in [2.45, 2.75) is 31.5 Å². The lowest BCUT2D eigenvalue weighted by Gasteiger charge is -2.43. The summed E-state index contributed by atoms with van der Waals surface area (Å²) in [5.74, 6) is 0. The van der Waals surface area contributed by atoms with Gasteiger partial charge in [0.25, 0.3) is 0 Å². The molecule has 0 aliphatic heterocycles. The number of hydrogen-bond acceptors (Lipinski definition) is 4. The van der Waals surface area contributed by atoms with E-state index in [0.29, 0.717) is 12.2 Å². The van der Waals surface area contributed by atoms with Crippen LogP contribution in [-0.4, -0.2) is 24.8 Å². The molecule has 0 heterocycles. The van der Waals surface area contributed by atoms with E-state index in [4.69, 9.17) is 10.5 Å². The Labute approximate surface area is 124 Å². The number of ether oxygens (including phenoxy) is 1. The fraction of sp³-hybridized carbons (Fsp3) is 0.353. The van der Waals surface area contributed by atoms with Gasteiger partial charge in [-0.25, -0.2) is 0 Å². The summed E-state index contributed by atoms with van der Waals surface area (Å²) in [4.78, 5) is 0. The first-order valence-corrected chi connectivity index (χ1v) is 7.30. The van der Waals surface area contributed by atoms with E-state index in [1.807, 2.05) is 43.3 Å². The number of nitriles is 1. The molecule has 21 heavy (non-hydrogen) atoms. The summed E-state index contributed by atoms with van der Waals surface area (Å²) in [7, 11) is 0. The van der Waals surface area contributed by atoms with Crippen molar-refractivity contribution in [3.63, 3.8) is 0 Å². The molecule has 3 rings (SSSR count). The Morgan fingerprint density at radius 3 is 2.71 bits per heavy atom. The molecule has 108 valence electrons. The molecule has 1 fully saturated rings. The minimum Gasteiger partial charge on any atom is -0.378 e. The Morgan fingerprint density at radius 2 is 2.05 bits per heavy atom. The number of benzene rings is 2. The zero-order valence-electron chi connectivity index (χ0n) is 12.0. The van der Waals surface area contributed by atoms with Crippen LogP contribution in [0.2, 0.25) is 0 Å². The molecule has 4 heteroatoms. The zero-order valence-corrected chi connectivity index (χ0v) is 12.0. The van der Waals surface area contributed by atoms with Crippen molar-refractivity contribution < 1.29 is 4.74 Å². The van der Waals surface area contributed by atoms with E-state index in [-0.39, 0.29) is 18.2 Å². The van der Waals surface area contributed by atoms with E-state index in [2.05, 4.69) is 11.4 Å². The first kappa shape index (κ1) is 13.9. The third-order valence-corrected chi connectivity index (χ3v) is 4.11. The molecule has 1 aliphatic rings. The summed E-state index contributed by atoms with van der Waals surface area (Å²) in [5, 5.41) is 14.7. The lowest BCUT2D eigenvalue weighted by molar-refractivity contribution is -0.0125. The fourth-order valence-electron chi connectivity index (χ4n) is 2.93. The average molecular weight is 281 g/mol. The third kappa shape index (κ3) is 2.46. The minimum atomic E-state index is 0.107. The van der Waals surface area contributed by atoms with Crippen molar-refractivity contribution in [1.29, 1.82) is 5.26 Å². The second kappa shape index (κ2) is 5.72. The van der Waals surface area contributed by atoms with Crippen LogP contribution in [0.15, 0.2) is 36.4 Å². The molecule has 3 atom stereocenters. The number of fused-ring (bicyclic) bond motifs is 1.